The Balaban J connectivity index is 2.73. The summed E-state index contributed by atoms with van der Waals surface area (Å²) >= 11 is 0. The van der Waals surface area contributed by atoms with Crippen molar-refractivity contribution in [2.45, 2.75) is 40.0 Å². The number of nitrogens with one attached hydrogen (secondary N) is 1. The molecule has 0 aliphatic heterocycles. The van der Waals surface area contributed by atoms with Gasteiger partial charge < -0.3 is 10.7 Å². The van der Waals surface area contributed by atoms with Gasteiger partial charge in [-0.05, 0) is 18.3 Å². The quantitative estimate of drug-likeness (QED) is 0.782. The summed E-state index contributed by atoms with van der Waals surface area (Å²) < 4.78 is 0. The van der Waals surface area contributed by atoms with E-state index < -0.39 is 0 Å². The van der Waals surface area contributed by atoms with Gasteiger partial charge in [-0.1, -0.05) is 27.7 Å². The van der Waals surface area contributed by atoms with Crippen LogP contribution in [0.5, 0.6) is 0 Å². The van der Waals surface area contributed by atoms with Crippen LogP contribution in [0.1, 0.15) is 45.1 Å². The molecule has 0 bridgehead atoms. The Labute approximate surface area is 92.5 Å². The maximum atomic E-state index is 5.76. The Kier molecular flexibility index (Phi) is 4.33. The zero-order valence-electron chi connectivity index (χ0n) is 10.2. The zero-order chi connectivity index (χ0) is 11.4. The predicted molar refractivity (Wildman–Crippen MR) is 63.8 cm³/mol. The second-order valence-electron chi connectivity index (χ2n) is 4.98. The summed E-state index contributed by atoms with van der Waals surface area (Å²) in [5, 5.41) is 0. The van der Waals surface area contributed by atoms with Gasteiger partial charge in [0.2, 0.25) is 0 Å². The number of aromatic amines is 1. The molecule has 86 valence electrons. The molecule has 0 fully saturated rings. The number of nitrogens with two attached hydrogens (primary N) is 1. The largest absolute Gasteiger partial charge is 0.346 e. The summed E-state index contributed by atoms with van der Waals surface area (Å²) in [5.41, 5.74) is 6.98. The first-order chi connectivity index (χ1) is 7.04. The first-order valence-electron chi connectivity index (χ1n) is 5.78. The van der Waals surface area contributed by atoms with Crippen LogP contribution in [-0.2, 0) is 6.42 Å². The fourth-order valence-corrected chi connectivity index (χ4v) is 1.81. The number of rotatable bonds is 5. The minimum Gasteiger partial charge on any atom is -0.346 e. The molecule has 1 aromatic heterocycles. The molecule has 0 spiro atoms. The fraction of sp³-hybridized carbons (Fsp3) is 0.750. The van der Waals surface area contributed by atoms with E-state index in [4.69, 9.17) is 5.73 Å². The molecule has 1 aromatic rings. The lowest BCUT2D eigenvalue weighted by Gasteiger charge is -2.15. The van der Waals surface area contributed by atoms with E-state index in [1.165, 1.54) is 5.69 Å². The van der Waals surface area contributed by atoms with Crippen LogP contribution in [0.15, 0.2) is 6.20 Å². The molecule has 3 N–H and O–H groups in total. The number of aromatic nitrogens is 2. The lowest BCUT2D eigenvalue weighted by atomic mass is 9.95. The summed E-state index contributed by atoms with van der Waals surface area (Å²) in [6.45, 7) is 9.45. The zero-order valence-corrected chi connectivity index (χ0v) is 10.2. The van der Waals surface area contributed by atoms with Crippen LogP contribution in [0.2, 0.25) is 0 Å². The van der Waals surface area contributed by atoms with Gasteiger partial charge in [-0.25, -0.2) is 4.98 Å². The van der Waals surface area contributed by atoms with Crippen molar-refractivity contribution in [2.24, 2.45) is 17.6 Å². The molecule has 0 saturated heterocycles. The molecule has 3 heteroatoms. The van der Waals surface area contributed by atoms with E-state index in [2.05, 4.69) is 37.7 Å². The van der Waals surface area contributed by atoms with Crippen LogP contribution in [0, 0.1) is 11.8 Å². The Morgan fingerprint density at radius 2 is 2.00 bits per heavy atom. The highest BCUT2D eigenvalue weighted by Crippen LogP contribution is 2.20. The van der Waals surface area contributed by atoms with Gasteiger partial charge in [0.05, 0.1) is 0 Å². The van der Waals surface area contributed by atoms with Crippen molar-refractivity contribution in [2.75, 3.05) is 6.54 Å². The summed E-state index contributed by atoms with van der Waals surface area (Å²) in [6, 6.07) is 0. The van der Waals surface area contributed by atoms with Crippen LogP contribution in [0.4, 0.5) is 0 Å². The van der Waals surface area contributed by atoms with E-state index in [1.807, 2.05) is 6.20 Å². The molecule has 0 aliphatic rings. The Bertz CT molecular complexity index is 289. The van der Waals surface area contributed by atoms with Crippen LogP contribution in [-0.4, -0.2) is 16.5 Å². The predicted octanol–water partition coefficient (Wildman–Crippen LogP) is 2.31. The van der Waals surface area contributed by atoms with E-state index in [0.29, 0.717) is 24.3 Å². The molecule has 0 aromatic carbocycles. The van der Waals surface area contributed by atoms with Crippen LogP contribution in [0.25, 0.3) is 0 Å². The van der Waals surface area contributed by atoms with Gasteiger partial charge in [0, 0.05) is 24.4 Å². The number of nitrogens with zero attached hydrogens (tertiary/aromatic N) is 1. The van der Waals surface area contributed by atoms with Crippen LogP contribution < -0.4 is 5.73 Å². The first kappa shape index (κ1) is 12.2. The van der Waals surface area contributed by atoms with Crippen molar-refractivity contribution in [3.8, 4) is 0 Å². The highest BCUT2D eigenvalue weighted by atomic mass is 14.9. The highest BCUT2D eigenvalue weighted by molar-refractivity contribution is 5.07. The van der Waals surface area contributed by atoms with Crippen molar-refractivity contribution in [1.29, 1.82) is 0 Å². The van der Waals surface area contributed by atoms with E-state index >= 15 is 0 Å². The number of H-pyrrole nitrogens is 1. The molecule has 0 amide bonds. The Hall–Kier alpha value is -0.830. The van der Waals surface area contributed by atoms with Crippen molar-refractivity contribution in [3.05, 3.63) is 17.7 Å². The number of imidazole rings is 1. The third kappa shape index (κ3) is 3.34. The molecule has 1 atom stereocenters. The SMILES string of the molecule is CC(C)Cc1cnc(C(CN)C(C)C)[nH]1. The molecule has 1 unspecified atom stereocenters. The molecule has 0 radical (unpaired) electrons. The number of hydrogen-bond acceptors (Lipinski definition) is 2. The van der Waals surface area contributed by atoms with E-state index in [9.17, 15) is 0 Å². The third-order valence-corrected chi connectivity index (χ3v) is 2.69. The smallest absolute Gasteiger partial charge is 0.110 e. The van der Waals surface area contributed by atoms with E-state index in [0.717, 1.165) is 12.2 Å². The lowest BCUT2D eigenvalue weighted by Crippen LogP contribution is -2.19. The summed E-state index contributed by atoms with van der Waals surface area (Å²) in [6.07, 6.45) is 3.00. The monoisotopic (exact) mass is 209 g/mol. The van der Waals surface area contributed by atoms with Gasteiger partial charge in [0.15, 0.2) is 0 Å². The molecule has 1 rings (SSSR count). The third-order valence-electron chi connectivity index (χ3n) is 2.69. The second kappa shape index (κ2) is 5.31. The molecule has 1 heterocycles. The van der Waals surface area contributed by atoms with Gasteiger partial charge in [0.1, 0.15) is 5.82 Å². The van der Waals surface area contributed by atoms with Gasteiger partial charge in [0.25, 0.3) is 0 Å². The van der Waals surface area contributed by atoms with Crippen molar-refractivity contribution < 1.29 is 0 Å². The van der Waals surface area contributed by atoms with E-state index in [-0.39, 0.29) is 0 Å². The first-order valence-corrected chi connectivity index (χ1v) is 5.78. The lowest BCUT2D eigenvalue weighted by molar-refractivity contribution is 0.485. The molecular formula is C12H23N3. The summed E-state index contributed by atoms with van der Waals surface area (Å²) in [5.74, 6) is 2.59. The summed E-state index contributed by atoms with van der Waals surface area (Å²) in [7, 11) is 0. The second-order valence-corrected chi connectivity index (χ2v) is 4.98. The van der Waals surface area contributed by atoms with Crippen LogP contribution in [0.3, 0.4) is 0 Å². The maximum Gasteiger partial charge on any atom is 0.110 e. The Morgan fingerprint density at radius 3 is 2.47 bits per heavy atom. The molecule has 3 nitrogen and oxygen atoms in total. The van der Waals surface area contributed by atoms with Crippen molar-refractivity contribution in [1.82, 2.24) is 9.97 Å². The van der Waals surface area contributed by atoms with Gasteiger partial charge in [-0.3, -0.25) is 0 Å². The van der Waals surface area contributed by atoms with E-state index in [1.54, 1.807) is 0 Å². The maximum absolute atomic E-state index is 5.76. The molecule has 0 aliphatic carbocycles. The topological polar surface area (TPSA) is 54.7 Å². The number of hydrogen-bond donors (Lipinski definition) is 2. The summed E-state index contributed by atoms with van der Waals surface area (Å²) in [4.78, 5) is 7.81. The molecular weight excluding hydrogens is 186 g/mol. The average molecular weight is 209 g/mol. The minimum absolute atomic E-state index is 0.353. The normalized spacial score (nSPS) is 13.8. The Morgan fingerprint density at radius 1 is 1.33 bits per heavy atom. The molecule has 0 saturated carbocycles. The van der Waals surface area contributed by atoms with Crippen molar-refractivity contribution >= 4 is 0 Å². The van der Waals surface area contributed by atoms with Gasteiger partial charge in [-0.2, -0.15) is 0 Å². The fourth-order valence-electron chi connectivity index (χ4n) is 1.81. The van der Waals surface area contributed by atoms with Crippen LogP contribution >= 0.6 is 0 Å². The molecule has 15 heavy (non-hydrogen) atoms. The minimum atomic E-state index is 0.353. The highest BCUT2D eigenvalue weighted by Gasteiger charge is 2.17. The standard InChI is InChI=1S/C12H23N3/c1-8(2)5-10-7-14-12(15-10)11(6-13)9(3)4/h7-9,11H,5-6,13H2,1-4H3,(H,14,15). The average Bonchev–Trinajstić information content (AvgIpc) is 2.52. The van der Waals surface area contributed by atoms with Crippen molar-refractivity contribution in [3.63, 3.8) is 0 Å². The van der Waals surface area contributed by atoms with Gasteiger partial charge in [-0.15, -0.1) is 0 Å². The van der Waals surface area contributed by atoms with Gasteiger partial charge >= 0.3 is 0 Å².